The first kappa shape index (κ1) is 11.6. The summed E-state index contributed by atoms with van der Waals surface area (Å²) in [5.41, 5.74) is 3.06. The number of rotatable bonds is 4. The Labute approximate surface area is 106 Å². The lowest BCUT2D eigenvalue weighted by atomic mass is 10.1. The van der Waals surface area contributed by atoms with Crippen LogP contribution in [0.15, 0.2) is 18.5 Å². The zero-order chi connectivity index (χ0) is 12.4. The van der Waals surface area contributed by atoms with E-state index in [9.17, 15) is 0 Å². The van der Waals surface area contributed by atoms with Crippen LogP contribution in [-0.4, -0.2) is 34.4 Å². The molecule has 2 aromatic rings. The van der Waals surface area contributed by atoms with Gasteiger partial charge in [0.25, 0.3) is 0 Å². The van der Waals surface area contributed by atoms with E-state index in [0.29, 0.717) is 5.92 Å². The predicted octanol–water partition coefficient (Wildman–Crippen LogP) is 1.16. The molecule has 2 aromatic heterocycles. The fourth-order valence-electron chi connectivity index (χ4n) is 2.29. The van der Waals surface area contributed by atoms with Crippen molar-refractivity contribution in [2.75, 3.05) is 19.8 Å². The molecule has 1 atom stereocenters. The number of fused-ring (bicyclic) bond motifs is 1. The quantitative estimate of drug-likeness (QED) is 0.879. The molecule has 3 heterocycles. The van der Waals surface area contributed by atoms with Gasteiger partial charge < -0.3 is 10.1 Å². The molecule has 0 radical (unpaired) electrons. The first-order valence-corrected chi connectivity index (χ1v) is 6.40. The molecule has 5 nitrogen and oxygen atoms in total. The van der Waals surface area contributed by atoms with Gasteiger partial charge in [0.2, 0.25) is 0 Å². The van der Waals surface area contributed by atoms with E-state index in [1.165, 1.54) is 6.42 Å². The Kier molecular flexibility index (Phi) is 3.25. The highest BCUT2D eigenvalue weighted by atomic mass is 16.5. The number of aromatic nitrogens is 3. The first-order valence-electron chi connectivity index (χ1n) is 6.40. The van der Waals surface area contributed by atoms with Crippen molar-refractivity contribution in [3.8, 4) is 0 Å². The molecular weight excluding hydrogens is 228 g/mol. The van der Waals surface area contributed by atoms with Crippen molar-refractivity contribution in [3.05, 3.63) is 29.7 Å². The summed E-state index contributed by atoms with van der Waals surface area (Å²) in [6, 6.07) is 1.98. The van der Waals surface area contributed by atoms with Crippen LogP contribution in [0.2, 0.25) is 0 Å². The molecule has 0 aliphatic carbocycles. The van der Waals surface area contributed by atoms with E-state index in [4.69, 9.17) is 4.74 Å². The zero-order valence-corrected chi connectivity index (χ0v) is 10.6. The molecule has 5 heteroatoms. The average molecular weight is 246 g/mol. The van der Waals surface area contributed by atoms with E-state index in [2.05, 4.69) is 15.4 Å². The second kappa shape index (κ2) is 5.04. The van der Waals surface area contributed by atoms with Gasteiger partial charge in [-0.3, -0.25) is 0 Å². The van der Waals surface area contributed by atoms with Gasteiger partial charge >= 0.3 is 0 Å². The minimum absolute atomic E-state index is 0.661. The predicted molar refractivity (Wildman–Crippen MR) is 68.4 cm³/mol. The molecule has 0 saturated carbocycles. The zero-order valence-electron chi connectivity index (χ0n) is 10.6. The van der Waals surface area contributed by atoms with Crippen LogP contribution < -0.4 is 5.32 Å². The van der Waals surface area contributed by atoms with E-state index in [1.54, 1.807) is 0 Å². The largest absolute Gasteiger partial charge is 0.381 e. The molecule has 18 heavy (non-hydrogen) atoms. The monoisotopic (exact) mass is 246 g/mol. The van der Waals surface area contributed by atoms with Gasteiger partial charge in [-0.15, -0.1) is 0 Å². The van der Waals surface area contributed by atoms with E-state index in [-0.39, 0.29) is 0 Å². The van der Waals surface area contributed by atoms with Crippen LogP contribution in [0.25, 0.3) is 5.65 Å². The maximum Gasteiger partial charge on any atom is 0.155 e. The number of aryl methyl sites for hydroxylation is 1. The van der Waals surface area contributed by atoms with Crippen LogP contribution in [0.5, 0.6) is 0 Å². The van der Waals surface area contributed by atoms with Crippen molar-refractivity contribution in [1.82, 2.24) is 19.9 Å². The van der Waals surface area contributed by atoms with Crippen LogP contribution in [0.3, 0.4) is 0 Å². The van der Waals surface area contributed by atoms with Crippen LogP contribution in [0.4, 0.5) is 0 Å². The molecule has 1 saturated heterocycles. The summed E-state index contributed by atoms with van der Waals surface area (Å²) < 4.78 is 7.19. The van der Waals surface area contributed by atoms with Crippen molar-refractivity contribution < 1.29 is 4.74 Å². The Hall–Kier alpha value is -1.46. The minimum Gasteiger partial charge on any atom is -0.381 e. The Morgan fingerprint density at radius 2 is 2.50 bits per heavy atom. The molecule has 1 fully saturated rings. The van der Waals surface area contributed by atoms with E-state index in [0.717, 1.165) is 43.2 Å². The molecular formula is C13H18N4O. The molecule has 0 spiro atoms. The number of nitrogens with zero attached hydrogens (tertiary/aromatic N) is 3. The second-order valence-electron chi connectivity index (χ2n) is 4.91. The summed E-state index contributed by atoms with van der Waals surface area (Å²) in [6.45, 7) is 5.62. The summed E-state index contributed by atoms with van der Waals surface area (Å²) in [4.78, 5) is 4.39. The van der Waals surface area contributed by atoms with Gasteiger partial charge in [0.1, 0.15) is 0 Å². The topological polar surface area (TPSA) is 51.5 Å². The maximum atomic E-state index is 5.35. The van der Waals surface area contributed by atoms with Crippen molar-refractivity contribution in [3.63, 3.8) is 0 Å². The summed E-state index contributed by atoms with van der Waals surface area (Å²) in [7, 11) is 0. The lowest BCUT2D eigenvalue weighted by Crippen LogP contribution is -2.22. The Morgan fingerprint density at radius 3 is 3.33 bits per heavy atom. The van der Waals surface area contributed by atoms with Gasteiger partial charge in [-0.2, -0.15) is 5.10 Å². The lowest BCUT2D eigenvalue weighted by Gasteiger charge is -2.09. The third-order valence-electron chi connectivity index (χ3n) is 3.28. The van der Waals surface area contributed by atoms with Gasteiger partial charge in [-0.05, 0) is 19.3 Å². The van der Waals surface area contributed by atoms with Crippen molar-refractivity contribution in [2.45, 2.75) is 19.9 Å². The molecule has 0 bridgehead atoms. The standard InChI is InChI=1S/C13H18N4O/c1-10-4-13-15-7-12(8-17(13)16-10)6-14-5-11-2-3-18-9-11/h4,7-8,11,14H,2-3,5-6,9H2,1H3. The SMILES string of the molecule is Cc1cc2ncc(CNCC3CCOC3)cn2n1. The smallest absolute Gasteiger partial charge is 0.155 e. The maximum absolute atomic E-state index is 5.35. The molecule has 1 N–H and O–H groups in total. The second-order valence-corrected chi connectivity index (χ2v) is 4.91. The van der Waals surface area contributed by atoms with Gasteiger partial charge in [0.15, 0.2) is 5.65 Å². The summed E-state index contributed by atoms with van der Waals surface area (Å²) in [6.07, 6.45) is 5.12. The highest BCUT2D eigenvalue weighted by Gasteiger charge is 2.14. The minimum atomic E-state index is 0.661. The van der Waals surface area contributed by atoms with Crippen molar-refractivity contribution in [2.24, 2.45) is 5.92 Å². The van der Waals surface area contributed by atoms with Crippen molar-refractivity contribution >= 4 is 5.65 Å². The van der Waals surface area contributed by atoms with Crippen LogP contribution in [-0.2, 0) is 11.3 Å². The molecule has 3 rings (SSSR count). The highest BCUT2D eigenvalue weighted by molar-refractivity contribution is 5.38. The van der Waals surface area contributed by atoms with Gasteiger partial charge in [0, 0.05) is 43.7 Å². The molecule has 96 valence electrons. The van der Waals surface area contributed by atoms with E-state index >= 15 is 0 Å². The van der Waals surface area contributed by atoms with Crippen LogP contribution in [0, 0.1) is 12.8 Å². The summed E-state index contributed by atoms with van der Waals surface area (Å²) in [5.74, 6) is 0.661. The summed E-state index contributed by atoms with van der Waals surface area (Å²) >= 11 is 0. The number of hydrogen-bond donors (Lipinski definition) is 1. The third-order valence-corrected chi connectivity index (χ3v) is 3.28. The number of hydrogen-bond acceptors (Lipinski definition) is 4. The Morgan fingerprint density at radius 1 is 1.56 bits per heavy atom. The van der Waals surface area contributed by atoms with E-state index < -0.39 is 0 Å². The fraction of sp³-hybridized carbons (Fsp3) is 0.538. The average Bonchev–Trinajstić information content (AvgIpc) is 2.96. The van der Waals surface area contributed by atoms with E-state index in [1.807, 2.05) is 29.9 Å². The fourth-order valence-corrected chi connectivity index (χ4v) is 2.29. The Bertz CT molecular complexity index is 531. The molecule has 0 aromatic carbocycles. The lowest BCUT2D eigenvalue weighted by molar-refractivity contribution is 0.185. The normalized spacial score (nSPS) is 19.7. The molecule has 1 aliphatic heterocycles. The molecule has 0 amide bonds. The summed E-state index contributed by atoms with van der Waals surface area (Å²) in [5, 5.41) is 7.82. The number of ether oxygens (including phenoxy) is 1. The van der Waals surface area contributed by atoms with Gasteiger partial charge in [-0.25, -0.2) is 9.50 Å². The van der Waals surface area contributed by atoms with Crippen LogP contribution in [0.1, 0.15) is 17.7 Å². The van der Waals surface area contributed by atoms with Gasteiger partial charge in [0.05, 0.1) is 12.3 Å². The Balaban J connectivity index is 1.59. The van der Waals surface area contributed by atoms with Crippen molar-refractivity contribution in [1.29, 1.82) is 0 Å². The number of nitrogens with one attached hydrogen (secondary N) is 1. The van der Waals surface area contributed by atoms with Gasteiger partial charge in [-0.1, -0.05) is 0 Å². The molecule has 1 unspecified atom stereocenters. The van der Waals surface area contributed by atoms with Crippen LogP contribution >= 0.6 is 0 Å². The molecule has 1 aliphatic rings. The highest BCUT2D eigenvalue weighted by Crippen LogP contribution is 2.11. The first-order chi connectivity index (χ1) is 8.81. The third kappa shape index (κ3) is 2.52.